The highest BCUT2D eigenvalue weighted by molar-refractivity contribution is 5.79. The molecular weight excluding hydrogens is 273 g/mol. The zero-order chi connectivity index (χ0) is 14.3. The molecule has 0 bridgehead atoms. The third-order valence-corrected chi connectivity index (χ3v) is 3.53. The van der Waals surface area contributed by atoms with Crippen molar-refractivity contribution in [2.75, 3.05) is 6.61 Å². The number of alkyl halides is 3. The first-order chi connectivity index (χ1) is 9.47. The summed E-state index contributed by atoms with van der Waals surface area (Å²) in [6, 6.07) is 3.79. The Morgan fingerprint density at radius 1 is 1.40 bits per heavy atom. The van der Waals surface area contributed by atoms with Crippen molar-refractivity contribution in [2.45, 2.75) is 31.7 Å². The summed E-state index contributed by atoms with van der Waals surface area (Å²) in [6.45, 7) is 0.912. The zero-order valence-electron chi connectivity index (χ0n) is 10.5. The van der Waals surface area contributed by atoms with Gasteiger partial charge in [-0.3, -0.25) is 4.57 Å². The molecule has 0 saturated carbocycles. The van der Waals surface area contributed by atoms with Gasteiger partial charge in [0.1, 0.15) is 0 Å². The number of fused-ring (bicyclic) bond motifs is 1. The van der Waals surface area contributed by atoms with Gasteiger partial charge in [-0.05, 0) is 25.0 Å². The van der Waals surface area contributed by atoms with E-state index in [2.05, 4.69) is 4.98 Å². The molecule has 20 heavy (non-hydrogen) atoms. The molecule has 2 heterocycles. The molecule has 1 aromatic heterocycles. The predicted octanol–water partition coefficient (Wildman–Crippen LogP) is 2.53. The van der Waals surface area contributed by atoms with E-state index in [1.807, 2.05) is 0 Å². The lowest BCUT2D eigenvalue weighted by Crippen LogP contribution is -2.24. The molecule has 3 rings (SSSR count). The number of nitrogens with zero attached hydrogens (tertiary/aromatic N) is 1. The second kappa shape index (κ2) is 4.66. The van der Waals surface area contributed by atoms with Crippen LogP contribution in [-0.2, 0) is 17.5 Å². The summed E-state index contributed by atoms with van der Waals surface area (Å²) in [5.41, 5.74) is -1.26. The molecule has 1 N–H and O–H groups in total. The first kappa shape index (κ1) is 13.2. The van der Waals surface area contributed by atoms with Gasteiger partial charge >= 0.3 is 11.9 Å². The number of hydrogen-bond acceptors (Lipinski definition) is 2. The molecule has 1 unspecified atom stereocenters. The maximum atomic E-state index is 12.9. The van der Waals surface area contributed by atoms with Crippen LogP contribution in [0.5, 0.6) is 0 Å². The summed E-state index contributed by atoms with van der Waals surface area (Å²) in [5.74, 6) is 0. The van der Waals surface area contributed by atoms with E-state index in [1.54, 1.807) is 0 Å². The number of rotatable bonds is 2. The summed E-state index contributed by atoms with van der Waals surface area (Å²) < 4.78 is 45.5. The molecule has 1 aromatic carbocycles. The fourth-order valence-corrected chi connectivity index (χ4v) is 2.59. The van der Waals surface area contributed by atoms with E-state index >= 15 is 0 Å². The minimum atomic E-state index is -4.49. The Hall–Kier alpha value is -1.76. The molecule has 0 aliphatic carbocycles. The summed E-state index contributed by atoms with van der Waals surface area (Å²) >= 11 is 0. The van der Waals surface area contributed by atoms with E-state index in [-0.39, 0.29) is 23.7 Å². The van der Waals surface area contributed by atoms with Gasteiger partial charge in [0.25, 0.3) is 0 Å². The molecule has 0 amide bonds. The summed E-state index contributed by atoms with van der Waals surface area (Å²) in [4.78, 5) is 14.2. The van der Waals surface area contributed by atoms with E-state index in [0.717, 1.165) is 18.9 Å². The van der Waals surface area contributed by atoms with Crippen LogP contribution in [0, 0.1) is 0 Å². The van der Waals surface area contributed by atoms with E-state index in [0.29, 0.717) is 6.61 Å². The van der Waals surface area contributed by atoms with Crippen molar-refractivity contribution in [1.82, 2.24) is 9.55 Å². The van der Waals surface area contributed by atoms with Crippen molar-refractivity contribution in [3.63, 3.8) is 0 Å². The molecule has 1 aliphatic rings. The molecule has 1 fully saturated rings. The van der Waals surface area contributed by atoms with E-state index in [4.69, 9.17) is 4.74 Å². The maximum Gasteiger partial charge on any atom is 0.418 e. The number of H-pyrrole nitrogens is 1. The molecule has 1 atom stereocenters. The average Bonchev–Trinajstić information content (AvgIpc) is 2.97. The van der Waals surface area contributed by atoms with Gasteiger partial charge in [0.2, 0.25) is 0 Å². The van der Waals surface area contributed by atoms with Crippen LogP contribution in [-0.4, -0.2) is 22.3 Å². The fraction of sp³-hybridized carbons (Fsp3) is 0.462. The van der Waals surface area contributed by atoms with Gasteiger partial charge in [0.15, 0.2) is 0 Å². The van der Waals surface area contributed by atoms with E-state index in [9.17, 15) is 18.0 Å². The Morgan fingerprint density at radius 3 is 2.85 bits per heavy atom. The van der Waals surface area contributed by atoms with Crippen LogP contribution < -0.4 is 5.69 Å². The Kier molecular flexibility index (Phi) is 3.08. The molecule has 7 heteroatoms. The van der Waals surface area contributed by atoms with Crippen molar-refractivity contribution in [3.05, 3.63) is 34.2 Å². The standard InChI is InChI=1S/C13H13F3N2O2/c14-13(15,16)9-4-1-5-10-11(9)17-12(19)18(10)7-8-3-2-6-20-8/h1,4-5,8H,2-3,6-7H2,(H,17,19). The van der Waals surface area contributed by atoms with Gasteiger partial charge in [-0.15, -0.1) is 0 Å². The molecular formula is C13H13F3N2O2. The first-order valence-corrected chi connectivity index (χ1v) is 6.37. The second-order valence-corrected chi connectivity index (χ2v) is 4.87. The minimum absolute atomic E-state index is 0.110. The van der Waals surface area contributed by atoms with Crippen LogP contribution in [0.1, 0.15) is 18.4 Å². The molecule has 1 saturated heterocycles. The maximum absolute atomic E-state index is 12.9. The van der Waals surface area contributed by atoms with Crippen LogP contribution in [0.15, 0.2) is 23.0 Å². The normalized spacial score (nSPS) is 19.9. The average molecular weight is 286 g/mol. The highest BCUT2D eigenvalue weighted by atomic mass is 19.4. The molecule has 108 valence electrons. The lowest BCUT2D eigenvalue weighted by Gasteiger charge is -2.11. The smallest absolute Gasteiger partial charge is 0.376 e. The van der Waals surface area contributed by atoms with Gasteiger partial charge in [-0.1, -0.05) is 6.07 Å². The topological polar surface area (TPSA) is 47.0 Å². The SMILES string of the molecule is O=c1[nH]c2c(C(F)(F)F)cccc2n1CC1CCCO1. The van der Waals surface area contributed by atoms with Crippen LogP contribution >= 0.6 is 0 Å². The lowest BCUT2D eigenvalue weighted by molar-refractivity contribution is -0.136. The van der Waals surface area contributed by atoms with Crippen molar-refractivity contribution in [1.29, 1.82) is 0 Å². The molecule has 1 aliphatic heterocycles. The Bertz CT molecular complexity index is 681. The summed E-state index contributed by atoms with van der Waals surface area (Å²) in [6.07, 6.45) is -2.87. The van der Waals surface area contributed by atoms with Crippen LogP contribution in [0.25, 0.3) is 11.0 Å². The van der Waals surface area contributed by atoms with Crippen molar-refractivity contribution in [2.24, 2.45) is 0 Å². The Balaban J connectivity index is 2.09. The monoisotopic (exact) mass is 286 g/mol. The van der Waals surface area contributed by atoms with E-state index < -0.39 is 17.4 Å². The number of imidazole rings is 1. The van der Waals surface area contributed by atoms with Crippen LogP contribution in [0.4, 0.5) is 13.2 Å². The highest BCUT2D eigenvalue weighted by Gasteiger charge is 2.34. The number of para-hydroxylation sites is 1. The molecule has 0 radical (unpaired) electrons. The minimum Gasteiger partial charge on any atom is -0.376 e. The third kappa shape index (κ3) is 2.22. The fourth-order valence-electron chi connectivity index (χ4n) is 2.59. The number of nitrogens with one attached hydrogen (secondary N) is 1. The van der Waals surface area contributed by atoms with Crippen LogP contribution in [0.3, 0.4) is 0 Å². The number of aromatic nitrogens is 2. The summed E-state index contributed by atoms with van der Waals surface area (Å²) in [5, 5.41) is 0. The highest BCUT2D eigenvalue weighted by Crippen LogP contribution is 2.33. The predicted molar refractivity (Wildman–Crippen MR) is 66.5 cm³/mol. The number of ether oxygens (including phenoxy) is 1. The Labute approximate surface area is 112 Å². The molecule has 2 aromatic rings. The second-order valence-electron chi connectivity index (χ2n) is 4.87. The van der Waals surface area contributed by atoms with Crippen molar-refractivity contribution in [3.8, 4) is 0 Å². The van der Waals surface area contributed by atoms with Gasteiger partial charge in [0.05, 0.1) is 29.2 Å². The van der Waals surface area contributed by atoms with E-state index in [1.165, 1.54) is 16.7 Å². The zero-order valence-corrected chi connectivity index (χ0v) is 10.5. The number of hydrogen-bond donors (Lipinski definition) is 1. The van der Waals surface area contributed by atoms with Gasteiger partial charge in [-0.25, -0.2) is 4.79 Å². The lowest BCUT2D eigenvalue weighted by atomic mass is 10.1. The molecule has 0 spiro atoms. The van der Waals surface area contributed by atoms with Crippen molar-refractivity contribution < 1.29 is 17.9 Å². The van der Waals surface area contributed by atoms with Crippen LogP contribution in [0.2, 0.25) is 0 Å². The van der Waals surface area contributed by atoms with Gasteiger partial charge in [0, 0.05) is 6.61 Å². The largest absolute Gasteiger partial charge is 0.418 e. The Morgan fingerprint density at radius 2 is 2.20 bits per heavy atom. The first-order valence-electron chi connectivity index (χ1n) is 6.37. The third-order valence-electron chi connectivity index (χ3n) is 3.53. The van der Waals surface area contributed by atoms with Crippen molar-refractivity contribution >= 4 is 11.0 Å². The number of aromatic amines is 1. The van der Waals surface area contributed by atoms with Gasteiger partial charge in [-0.2, -0.15) is 13.2 Å². The molecule has 4 nitrogen and oxygen atoms in total. The number of benzene rings is 1. The number of halogens is 3. The van der Waals surface area contributed by atoms with Gasteiger partial charge < -0.3 is 9.72 Å². The summed E-state index contributed by atoms with van der Waals surface area (Å²) in [7, 11) is 0. The quantitative estimate of drug-likeness (QED) is 0.922.